The number of likely N-dealkylation sites (tertiary alicyclic amines) is 1. The van der Waals surface area contributed by atoms with Crippen LogP contribution in [-0.4, -0.2) is 54.1 Å². The molecule has 2 heterocycles. The second-order valence-electron chi connectivity index (χ2n) is 5.71. The van der Waals surface area contributed by atoms with Crippen molar-refractivity contribution in [3.63, 3.8) is 0 Å². The number of hydrogen-bond acceptors (Lipinski definition) is 4. The van der Waals surface area contributed by atoms with Crippen LogP contribution in [-0.2, 0) is 11.3 Å². The predicted octanol–water partition coefficient (Wildman–Crippen LogP) is 2.45. The molecule has 1 aromatic rings. The summed E-state index contributed by atoms with van der Waals surface area (Å²) in [7, 11) is 1.84. The summed E-state index contributed by atoms with van der Waals surface area (Å²) in [6.07, 6.45) is 3.12. The van der Waals surface area contributed by atoms with E-state index in [9.17, 15) is 4.79 Å². The minimum Gasteiger partial charge on any atom is -0.396 e. The summed E-state index contributed by atoms with van der Waals surface area (Å²) < 4.78 is 0.758. The van der Waals surface area contributed by atoms with Crippen molar-refractivity contribution in [1.82, 2.24) is 9.80 Å². The standard InChI is InChI=1S/C15H23ClN2O2S/c1-17(10-13-4-5-14(16)21-13)15(20)11-18-7-2-3-12(9-18)6-8-19/h4-5,12,19H,2-3,6-11H2,1H3. The SMILES string of the molecule is CN(Cc1ccc(Cl)s1)C(=O)CN1CCCC(CCO)C1. The van der Waals surface area contributed by atoms with Gasteiger partial charge in [-0.15, -0.1) is 11.3 Å². The van der Waals surface area contributed by atoms with Crippen LogP contribution in [0.4, 0.5) is 0 Å². The van der Waals surface area contributed by atoms with Gasteiger partial charge >= 0.3 is 0 Å². The van der Waals surface area contributed by atoms with Crippen molar-refractivity contribution in [3.05, 3.63) is 21.3 Å². The Morgan fingerprint density at radius 2 is 2.38 bits per heavy atom. The van der Waals surface area contributed by atoms with Gasteiger partial charge in [-0.1, -0.05) is 11.6 Å². The minimum absolute atomic E-state index is 0.143. The zero-order valence-corrected chi connectivity index (χ0v) is 14.0. The zero-order valence-electron chi connectivity index (χ0n) is 12.4. The number of halogens is 1. The topological polar surface area (TPSA) is 43.8 Å². The number of piperidine rings is 1. The van der Waals surface area contributed by atoms with Crippen molar-refractivity contribution in [1.29, 1.82) is 0 Å². The van der Waals surface area contributed by atoms with Crippen molar-refractivity contribution in [3.8, 4) is 0 Å². The molecule has 21 heavy (non-hydrogen) atoms. The normalized spacial score (nSPS) is 19.7. The van der Waals surface area contributed by atoms with Gasteiger partial charge in [0.2, 0.25) is 5.91 Å². The smallest absolute Gasteiger partial charge is 0.236 e. The number of aliphatic hydroxyl groups excluding tert-OH is 1. The third-order valence-electron chi connectivity index (χ3n) is 3.95. The second kappa shape index (κ2) is 8.13. The summed E-state index contributed by atoms with van der Waals surface area (Å²) in [6.45, 7) is 3.23. The Morgan fingerprint density at radius 3 is 3.05 bits per heavy atom. The van der Waals surface area contributed by atoms with E-state index in [0.29, 0.717) is 19.0 Å². The van der Waals surface area contributed by atoms with Gasteiger partial charge in [-0.05, 0) is 43.9 Å². The first-order valence-corrected chi connectivity index (χ1v) is 8.59. The molecule has 1 atom stereocenters. The molecule has 1 N–H and O–H groups in total. The molecule has 0 spiro atoms. The van der Waals surface area contributed by atoms with Crippen LogP contribution in [0, 0.1) is 5.92 Å². The maximum absolute atomic E-state index is 12.3. The van der Waals surface area contributed by atoms with E-state index in [-0.39, 0.29) is 12.5 Å². The molecule has 1 amide bonds. The average Bonchev–Trinajstić information content (AvgIpc) is 2.85. The van der Waals surface area contributed by atoms with Gasteiger partial charge in [-0.2, -0.15) is 0 Å². The number of carbonyl (C=O) groups is 1. The van der Waals surface area contributed by atoms with Crippen LogP contribution in [0.25, 0.3) is 0 Å². The van der Waals surface area contributed by atoms with Gasteiger partial charge in [0.05, 0.1) is 17.4 Å². The lowest BCUT2D eigenvalue weighted by Crippen LogP contribution is -2.43. The molecule has 0 aromatic carbocycles. The van der Waals surface area contributed by atoms with E-state index in [1.54, 1.807) is 4.90 Å². The lowest BCUT2D eigenvalue weighted by atomic mass is 9.95. The van der Waals surface area contributed by atoms with Crippen LogP contribution in [0.1, 0.15) is 24.1 Å². The first-order chi connectivity index (χ1) is 10.1. The monoisotopic (exact) mass is 330 g/mol. The van der Waals surface area contributed by atoms with Gasteiger partial charge in [0.25, 0.3) is 0 Å². The van der Waals surface area contributed by atoms with Crippen LogP contribution in [0.3, 0.4) is 0 Å². The van der Waals surface area contributed by atoms with Crippen molar-refractivity contribution < 1.29 is 9.90 Å². The Balaban J connectivity index is 1.80. The molecule has 1 aliphatic rings. The lowest BCUT2D eigenvalue weighted by Gasteiger charge is -2.33. The Morgan fingerprint density at radius 1 is 1.57 bits per heavy atom. The highest BCUT2D eigenvalue weighted by Gasteiger charge is 2.22. The van der Waals surface area contributed by atoms with E-state index in [4.69, 9.17) is 16.7 Å². The Labute approximate surface area is 135 Å². The lowest BCUT2D eigenvalue weighted by molar-refractivity contribution is -0.132. The quantitative estimate of drug-likeness (QED) is 0.871. The number of amides is 1. The zero-order chi connectivity index (χ0) is 15.2. The molecule has 1 aliphatic heterocycles. The van der Waals surface area contributed by atoms with Crippen LogP contribution >= 0.6 is 22.9 Å². The number of aliphatic hydroxyl groups is 1. The number of likely N-dealkylation sites (N-methyl/N-ethyl adjacent to an activating group) is 1. The number of nitrogens with zero attached hydrogens (tertiary/aromatic N) is 2. The fourth-order valence-electron chi connectivity index (χ4n) is 2.78. The molecule has 118 valence electrons. The Bertz CT molecular complexity index is 464. The van der Waals surface area contributed by atoms with E-state index in [1.807, 2.05) is 19.2 Å². The van der Waals surface area contributed by atoms with Crippen molar-refractivity contribution in [2.45, 2.75) is 25.8 Å². The van der Waals surface area contributed by atoms with E-state index in [2.05, 4.69) is 4.90 Å². The maximum Gasteiger partial charge on any atom is 0.236 e. The van der Waals surface area contributed by atoms with E-state index in [1.165, 1.54) is 11.3 Å². The van der Waals surface area contributed by atoms with E-state index >= 15 is 0 Å². The highest BCUT2D eigenvalue weighted by Crippen LogP contribution is 2.23. The second-order valence-corrected chi connectivity index (χ2v) is 7.51. The molecule has 2 rings (SSSR count). The number of carbonyl (C=O) groups excluding carboxylic acids is 1. The fraction of sp³-hybridized carbons (Fsp3) is 0.667. The molecular formula is C15H23ClN2O2S. The number of hydrogen-bond donors (Lipinski definition) is 1. The fourth-order valence-corrected chi connectivity index (χ4v) is 3.92. The molecule has 1 aromatic heterocycles. The van der Waals surface area contributed by atoms with Crippen LogP contribution in [0.2, 0.25) is 4.34 Å². The Hall–Kier alpha value is -0.620. The Kier molecular flexibility index (Phi) is 6.48. The molecule has 1 saturated heterocycles. The summed E-state index contributed by atoms with van der Waals surface area (Å²) in [5.41, 5.74) is 0. The highest BCUT2D eigenvalue weighted by molar-refractivity contribution is 7.16. The van der Waals surface area contributed by atoms with Gasteiger partial charge in [0, 0.05) is 25.1 Å². The van der Waals surface area contributed by atoms with Gasteiger partial charge in [0.15, 0.2) is 0 Å². The van der Waals surface area contributed by atoms with Crippen LogP contribution in [0.15, 0.2) is 12.1 Å². The summed E-state index contributed by atoms with van der Waals surface area (Å²) in [5.74, 6) is 0.669. The molecule has 1 fully saturated rings. The molecule has 0 radical (unpaired) electrons. The molecular weight excluding hydrogens is 308 g/mol. The average molecular weight is 331 g/mol. The molecule has 4 nitrogen and oxygen atoms in total. The van der Waals surface area contributed by atoms with Crippen LogP contribution < -0.4 is 0 Å². The first kappa shape index (κ1) is 16.7. The maximum atomic E-state index is 12.3. The predicted molar refractivity (Wildman–Crippen MR) is 86.7 cm³/mol. The largest absolute Gasteiger partial charge is 0.396 e. The van der Waals surface area contributed by atoms with Gasteiger partial charge < -0.3 is 10.0 Å². The third-order valence-corrected chi connectivity index (χ3v) is 5.16. The highest BCUT2D eigenvalue weighted by atomic mass is 35.5. The molecule has 6 heteroatoms. The summed E-state index contributed by atoms with van der Waals surface area (Å²) in [5, 5.41) is 9.04. The van der Waals surface area contributed by atoms with Crippen molar-refractivity contribution in [2.24, 2.45) is 5.92 Å². The summed E-state index contributed by atoms with van der Waals surface area (Å²) in [4.78, 5) is 17.4. The molecule has 0 aliphatic carbocycles. The van der Waals surface area contributed by atoms with Crippen molar-refractivity contribution in [2.75, 3.05) is 33.3 Å². The molecule has 0 saturated carbocycles. The van der Waals surface area contributed by atoms with Gasteiger partial charge in [-0.25, -0.2) is 0 Å². The van der Waals surface area contributed by atoms with Crippen molar-refractivity contribution >= 4 is 28.8 Å². The van der Waals surface area contributed by atoms with E-state index in [0.717, 1.165) is 41.6 Å². The van der Waals surface area contributed by atoms with Crippen LogP contribution in [0.5, 0.6) is 0 Å². The van der Waals surface area contributed by atoms with E-state index < -0.39 is 0 Å². The summed E-state index contributed by atoms with van der Waals surface area (Å²) >= 11 is 7.43. The summed E-state index contributed by atoms with van der Waals surface area (Å²) in [6, 6.07) is 3.83. The first-order valence-electron chi connectivity index (χ1n) is 7.40. The molecule has 1 unspecified atom stereocenters. The van der Waals surface area contributed by atoms with Gasteiger partial charge in [0.1, 0.15) is 0 Å². The third kappa shape index (κ3) is 5.25. The number of thiophene rings is 1. The molecule has 0 bridgehead atoms. The number of rotatable bonds is 6. The van der Waals surface area contributed by atoms with Gasteiger partial charge in [-0.3, -0.25) is 9.69 Å². The minimum atomic E-state index is 0.143.